The first kappa shape index (κ1) is 15.6. The van der Waals surface area contributed by atoms with Crippen LogP contribution < -0.4 is 0 Å². The van der Waals surface area contributed by atoms with Gasteiger partial charge in [-0.3, -0.25) is 14.0 Å². The van der Waals surface area contributed by atoms with E-state index in [0.29, 0.717) is 12.8 Å². The third-order valence-electron chi connectivity index (χ3n) is 2.99. The van der Waals surface area contributed by atoms with E-state index in [-0.39, 0.29) is 17.9 Å². The fourth-order valence-electron chi connectivity index (χ4n) is 2.15. The van der Waals surface area contributed by atoms with Crippen LogP contribution in [0.25, 0.3) is 0 Å². The molecule has 0 saturated carbocycles. The Morgan fingerprint density at radius 1 is 1.00 bits per heavy atom. The molecule has 1 aliphatic rings. The molecule has 18 heavy (non-hydrogen) atoms. The van der Waals surface area contributed by atoms with Gasteiger partial charge in [-0.15, -0.1) is 0 Å². The van der Waals surface area contributed by atoms with Crippen molar-refractivity contribution in [3.05, 3.63) is 0 Å². The smallest absolute Gasteiger partial charge is 0.408 e. The van der Waals surface area contributed by atoms with E-state index in [9.17, 15) is 33.5 Å². The van der Waals surface area contributed by atoms with Crippen LogP contribution in [0.3, 0.4) is 0 Å². The second-order valence-corrected chi connectivity index (χ2v) is 8.12. The van der Waals surface area contributed by atoms with Gasteiger partial charge in [0.2, 0.25) is 5.02 Å². The Labute approximate surface area is 103 Å². The van der Waals surface area contributed by atoms with Gasteiger partial charge in [-0.2, -0.15) is 0 Å². The first-order chi connectivity index (χ1) is 8.04. The van der Waals surface area contributed by atoms with Crippen LogP contribution in [0.2, 0.25) is 0 Å². The number of rotatable bonds is 2. The van der Waals surface area contributed by atoms with Crippen LogP contribution in [0, 0.1) is 0 Å². The first-order valence-corrected chi connectivity index (χ1v) is 8.38. The van der Waals surface area contributed by atoms with Crippen molar-refractivity contribution < 1.29 is 38.6 Å². The lowest BCUT2D eigenvalue weighted by atomic mass is 10.2. The molecule has 1 heterocycles. The normalized spacial score (nSPS) is 21.4. The highest BCUT2D eigenvalue weighted by Crippen LogP contribution is 2.72. The quantitative estimate of drug-likeness (QED) is 0.463. The van der Waals surface area contributed by atoms with E-state index in [1.165, 1.54) is 0 Å². The average Bonchev–Trinajstić information content (AvgIpc) is 2.36. The third kappa shape index (κ3) is 2.47. The zero-order chi connectivity index (χ0) is 14.2. The van der Waals surface area contributed by atoms with Crippen LogP contribution in [0.5, 0.6) is 0 Å². The Morgan fingerprint density at radius 2 is 1.50 bits per heavy atom. The molecule has 0 aromatic rings. The van der Waals surface area contributed by atoms with E-state index in [2.05, 4.69) is 0 Å². The molecule has 0 aliphatic carbocycles. The van der Waals surface area contributed by atoms with Crippen molar-refractivity contribution >= 4 is 21.3 Å². The molecule has 1 amide bonds. The van der Waals surface area contributed by atoms with E-state index in [1.54, 1.807) is 0 Å². The van der Waals surface area contributed by atoms with Gasteiger partial charge in [0, 0.05) is 6.54 Å². The Morgan fingerprint density at radius 3 is 1.89 bits per heavy atom. The highest BCUT2D eigenvalue weighted by molar-refractivity contribution is 7.72. The number of hydrogen-bond acceptors (Lipinski definition) is 3. The molecule has 106 valence electrons. The van der Waals surface area contributed by atoms with Crippen LogP contribution in [-0.2, 0) is 9.13 Å². The topological polar surface area (TPSA) is 156 Å². The van der Waals surface area contributed by atoms with E-state index < -0.39 is 32.7 Å². The molecular weight excluding hydrogens is 288 g/mol. The second kappa shape index (κ2) is 4.92. The molecule has 1 saturated heterocycles. The number of amides is 1. The van der Waals surface area contributed by atoms with Crippen LogP contribution in [-0.4, -0.2) is 47.2 Å². The van der Waals surface area contributed by atoms with Crippen molar-refractivity contribution in [1.29, 1.82) is 0 Å². The molecule has 0 radical (unpaired) electrons. The summed E-state index contributed by atoms with van der Waals surface area (Å²) >= 11 is 0. The highest BCUT2D eigenvalue weighted by Gasteiger charge is 2.65. The van der Waals surface area contributed by atoms with Crippen LogP contribution in [0.15, 0.2) is 0 Å². The van der Waals surface area contributed by atoms with Gasteiger partial charge in [-0.05, 0) is 19.3 Å². The molecule has 1 aliphatic heterocycles. The van der Waals surface area contributed by atoms with E-state index in [0.717, 1.165) is 0 Å². The minimum absolute atomic E-state index is 0.139. The number of likely N-dealkylation sites (tertiary alicyclic amines) is 1. The largest absolute Gasteiger partial charge is 0.465 e. The van der Waals surface area contributed by atoms with Gasteiger partial charge < -0.3 is 24.7 Å². The first-order valence-electron chi connectivity index (χ1n) is 5.16. The number of carboxylic acid groups (broad SMARTS) is 1. The Bertz CT molecular complexity index is 403. The summed E-state index contributed by atoms with van der Waals surface area (Å²) in [4.78, 5) is 48.4. The molecule has 0 atom stereocenters. The average molecular weight is 303 g/mol. The maximum Gasteiger partial charge on any atom is 0.408 e. The molecular formula is C7H15NO8P2. The minimum Gasteiger partial charge on any atom is -0.465 e. The molecule has 5 N–H and O–H groups in total. The van der Waals surface area contributed by atoms with Gasteiger partial charge in [0.25, 0.3) is 0 Å². The predicted molar refractivity (Wildman–Crippen MR) is 60.0 cm³/mol. The predicted octanol–water partition coefficient (Wildman–Crippen LogP) is 0.550. The van der Waals surface area contributed by atoms with Gasteiger partial charge in [-0.25, -0.2) is 4.79 Å². The number of carbonyl (C=O) groups is 1. The fraction of sp³-hybridized carbons (Fsp3) is 0.857. The summed E-state index contributed by atoms with van der Waals surface area (Å²) in [6, 6.07) is 0. The molecule has 1 rings (SSSR count). The SMILES string of the molecule is O=C(O)N1CCCCCC1(P(=O)(O)O)P(=O)(O)O. The summed E-state index contributed by atoms with van der Waals surface area (Å²) < 4.78 is 23.0. The van der Waals surface area contributed by atoms with Crippen LogP contribution in [0.1, 0.15) is 25.7 Å². The molecule has 11 heteroatoms. The van der Waals surface area contributed by atoms with Crippen molar-refractivity contribution in [2.45, 2.75) is 30.7 Å². The van der Waals surface area contributed by atoms with Gasteiger partial charge >= 0.3 is 21.3 Å². The lowest BCUT2D eigenvalue weighted by Crippen LogP contribution is -2.50. The zero-order valence-electron chi connectivity index (χ0n) is 9.34. The van der Waals surface area contributed by atoms with Crippen LogP contribution in [0.4, 0.5) is 4.79 Å². The summed E-state index contributed by atoms with van der Waals surface area (Å²) in [5.41, 5.74) is 0. The molecule has 0 spiro atoms. The van der Waals surface area contributed by atoms with Gasteiger partial charge in [0.05, 0.1) is 0 Å². The highest BCUT2D eigenvalue weighted by atomic mass is 31.2. The maximum atomic E-state index is 11.5. The Hall–Kier alpha value is -0.430. The van der Waals surface area contributed by atoms with Crippen molar-refractivity contribution in [3.63, 3.8) is 0 Å². The van der Waals surface area contributed by atoms with Crippen molar-refractivity contribution in [2.24, 2.45) is 0 Å². The third-order valence-corrected chi connectivity index (χ3v) is 7.35. The minimum atomic E-state index is -5.35. The molecule has 0 bridgehead atoms. The Kier molecular flexibility index (Phi) is 4.27. The zero-order valence-corrected chi connectivity index (χ0v) is 11.1. The molecule has 9 nitrogen and oxygen atoms in total. The van der Waals surface area contributed by atoms with Gasteiger partial charge in [-0.1, -0.05) is 6.42 Å². The summed E-state index contributed by atoms with van der Waals surface area (Å²) in [5, 5.41) is 6.01. The van der Waals surface area contributed by atoms with E-state index in [4.69, 9.17) is 5.11 Å². The Balaban J connectivity index is 3.49. The van der Waals surface area contributed by atoms with E-state index >= 15 is 0 Å². The monoisotopic (exact) mass is 303 g/mol. The maximum absolute atomic E-state index is 11.5. The summed E-state index contributed by atoms with van der Waals surface area (Å²) in [5.74, 6) is 0. The summed E-state index contributed by atoms with van der Waals surface area (Å²) in [7, 11) is -10.7. The fourth-order valence-corrected chi connectivity index (χ4v) is 5.40. The van der Waals surface area contributed by atoms with E-state index in [1.807, 2.05) is 0 Å². The van der Waals surface area contributed by atoms with Crippen LogP contribution >= 0.6 is 15.2 Å². The van der Waals surface area contributed by atoms with Gasteiger partial charge in [0.1, 0.15) is 0 Å². The lowest BCUT2D eigenvalue weighted by molar-refractivity contribution is 0.113. The van der Waals surface area contributed by atoms with Crippen molar-refractivity contribution in [3.8, 4) is 0 Å². The van der Waals surface area contributed by atoms with Crippen molar-refractivity contribution in [1.82, 2.24) is 4.90 Å². The number of nitrogens with zero attached hydrogens (tertiary/aromatic N) is 1. The summed E-state index contributed by atoms with van der Waals surface area (Å²) in [6.45, 7) is -0.314. The van der Waals surface area contributed by atoms with Gasteiger partial charge in [0.15, 0.2) is 0 Å². The lowest BCUT2D eigenvalue weighted by Gasteiger charge is -2.40. The summed E-state index contributed by atoms with van der Waals surface area (Å²) in [6.07, 6.45) is -1.42. The van der Waals surface area contributed by atoms with Crippen molar-refractivity contribution in [2.75, 3.05) is 6.54 Å². The number of hydrogen-bond donors (Lipinski definition) is 5. The second-order valence-electron chi connectivity index (χ2n) is 4.11. The molecule has 0 aromatic carbocycles. The standard InChI is InChI=1S/C7H15NO8P2/c9-6(10)8-5-3-1-2-4-7(8,17(11,12)13)18(14,15)16/h1-5H2,(H,9,10)(H2,11,12,13)(H2,14,15,16). The molecule has 0 aromatic heterocycles. The molecule has 1 fully saturated rings. The molecule has 0 unspecified atom stereocenters.